The third-order valence-electron chi connectivity index (χ3n) is 1.59. The summed E-state index contributed by atoms with van der Waals surface area (Å²) in [7, 11) is 0. The third kappa shape index (κ3) is 11.7. The number of carboxylic acids is 2. The van der Waals surface area contributed by atoms with E-state index in [1.807, 2.05) is 0 Å². The Bertz CT molecular complexity index is 234. The van der Waals surface area contributed by atoms with Gasteiger partial charge in [0, 0.05) is 0 Å². The molecule has 0 amide bonds. The Balaban J connectivity index is -0.000000256. The molecule has 0 aliphatic heterocycles. The van der Waals surface area contributed by atoms with Crippen LogP contribution in [0.15, 0.2) is 0 Å². The van der Waals surface area contributed by atoms with Gasteiger partial charge < -0.3 is 50.4 Å². The van der Waals surface area contributed by atoms with Crippen molar-refractivity contribution in [3.8, 4) is 0 Å². The van der Waals surface area contributed by atoms with Gasteiger partial charge in [0.1, 0.15) is 24.4 Å². The van der Waals surface area contributed by atoms with E-state index < -0.39 is 49.6 Å². The quantitative estimate of drug-likeness (QED) is 0.248. The van der Waals surface area contributed by atoms with Crippen molar-refractivity contribution in [2.75, 3.05) is 13.2 Å². The van der Waals surface area contributed by atoms with Crippen molar-refractivity contribution in [2.24, 2.45) is 0 Å². The third-order valence-corrected chi connectivity index (χ3v) is 1.59. The molecule has 0 aliphatic rings. The second-order valence-corrected chi connectivity index (χ2v) is 3.03. The molecular weight excluding hydrogens is 344 g/mol. The number of aliphatic hydroxyl groups is 6. The Labute approximate surface area is 144 Å². The number of rotatable bonds is 6. The van der Waals surface area contributed by atoms with Gasteiger partial charge in [0.2, 0.25) is 0 Å². The van der Waals surface area contributed by atoms with Gasteiger partial charge in [-0.2, -0.15) is 0 Å². The molecule has 0 heterocycles. The van der Waals surface area contributed by atoms with Crippen molar-refractivity contribution >= 4 is 57.4 Å². The second-order valence-electron chi connectivity index (χ2n) is 3.03. The van der Waals surface area contributed by atoms with E-state index in [2.05, 4.69) is 0 Å². The van der Waals surface area contributed by atoms with E-state index in [-0.39, 0.29) is 45.5 Å². The number of aliphatic carboxylic acids is 2. The zero-order valence-corrected chi connectivity index (χ0v) is 13.2. The van der Waals surface area contributed by atoms with Crippen LogP contribution in [0.4, 0.5) is 0 Å². The molecule has 0 saturated heterocycles. The number of hydrogen-bond donors (Lipinski definition) is 6. The molecule has 6 N–H and O–H groups in total. The summed E-state index contributed by atoms with van der Waals surface area (Å²) in [6.45, 7) is -1.59. The van der Waals surface area contributed by atoms with Crippen molar-refractivity contribution in [3.63, 3.8) is 0 Å². The molecule has 4 unspecified atom stereocenters. The van der Waals surface area contributed by atoms with E-state index in [0.717, 1.165) is 0 Å². The average molecular weight is 358 g/mol. The van der Waals surface area contributed by atoms with Gasteiger partial charge >= 0.3 is 45.5 Å². The van der Waals surface area contributed by atoms with Gasteiger partial charge in [0.15, 0.2) is 0 Å². The van der Waals surface area contributed by atoms with E-state index in [1.54, 1.807) is 0 Å². The number of carbonyl (C=O) groups excluding carboxylic acids is 2. The van der Waals surface area contributed by atoms with Crippen LogP contribution in [-0.4, -0.2) is 126 Å². The predicted octanol–water partition coefficient (Wildman–Crippen LogP) is -7.48. The molecular formula is C8H14O10Sr. The summed E-state index contributed by atoms with van der Waals surface area (Å²) in [5.74, 6) is -3.59. The number of aliphatic hydroxyl groups excluding tert-OH is 6. The minimum atomic E-state index is -2.00. The summed E-state index contributed by atoms with van der Waals surface area (Å²) >= 11 is 0. The zero-order chi connectivity index (χ0) is 14.9. The smallest absolute Gasteiger partial charge is 0.547 e. The fraction of sp³-hybridized carbons (Fsp3) is 0.750. The van der Waals surface area contributed by atoms with Crippen molar-refractivity contribution in [1.29, 1.82) is 0 Å². The first-order valence-corrected chi connectivity index (χ1v) is 4.54. The SMILES string of the molecule is O=C([O-])C(O)C(O)CO.O=C([O-])C(O)C(O)CO.[Sr+2]. The number of hydrogen-bond acceptors (Lipinski definition) is 10. The van der Waals surface area contributed by atoms with Gasteiger partial charge in [-0.1, -0.05) is 0 Å². The Morgan fingerprint density at radius 1 is 0.789 bits per heavy atom. The summed E-state index contributed by atoms with van der Waals surface area (Å²) in [4.78, 5) is 19.3. The van der Waals surface area contributed by atoms with Gasteiger partial charge in [-0.3, -0.25) is 0 Å². The first-order valence-electron chi connectivity index (χ1n) is 4.54. The fourth-order valence-corrected chi connectivity index (χ4v) is 0.514. The molecule has 0 aliphatic carbocycles. The van der Waals surface area contributed by atoms with E-state index >= 15 is 0 Å². The maximum Gasteiger partial charge on any atom is 2.00 e. The van der Waals surface area contributed by atoms with Gasteiger partial charge in [-0.05, 0) is 0 Å². The van der Waals surface area contributed by atoms with Crippen LogP contribution in [0.1, 0.15) is 0 Å². The molecule has 0 radical (unpaired) electrons. The number of carbonyl (C=O) groups is 2. The minimum Gasteiger partial charge on any atom is -0.547 e. The van der Waals surface area contributed by atoms with Crippen molar-refractivity contribution in [2.45, 2.75) is 24.4 Å². The maximum atomic E-state index is 9.67. The monoisotopic (exact) mass is 358 g/mol. The first kappa shape index (κ1) is 24.2. The van der Waals surface area contributed by atoms with Crippen LogP contribution in [0, 0.1) is 0 Å². The van der Waals surface area contributed by atoms with Crippen LogP contribution in [0.2, 0.25) is 0 Å². The van der Waals surface area contributed by atoms with E-state index in [9.17, 15) is 19.8 Å². The zero-order valence-electron chi connectivity index (χ0n) is 9.75. The minimum absolute atomic E-state index is 0. The molecule has 0 aromatic heterocycles. The van der Waals surface area contributed by atoms with Crippen LogP contribution in [0.3, 0.4) is 0 Å². The van der Waals surface area contributed by atoms with Crippen LogP contribution in [0.25, 0.3) is 0 Å². The van der Waals surface area contributed by atoms with Gasteiger partial charge in [0.25, 0.3) is 0 Å². The molecule has 10 nitrogen and oxygen atoms in total. The molecule has 0 aromatic carbocycles. The average Bonchev–Trinajstić information content (AvgIpc) is 2.35. The van der Waals surface area contributed by atoms with Crippen LogP contribution < -0.4 is 10.2 Å². The fourth-order valence-electron chi connectivity index (χ4n) is 0.514. The van der Waals surface area contributed by atoms with Crippen LogP contribution in [-0.2, 0) is 9.59 Å². The molecule has 0 fully saturated rings. The van der Waals surface area contributed by atoms with Gasteiger partial charge in [-0.15, -0.1) is 0 Å². The molecule has 11 heteroatoms. The summed E-state index contributed by atoms with van der Waals surface area (Å²) in [6.07, 6.45) is -7.32. The summed E-state index contributed by atoms with van der Waals surface area (Å²) in [5.41, 5.74) is 0. The molecule has 19 heavy (non-hydrogen) atoms. The molecule has 0 saturated carbocycles. The van der Waals surface area contributed by atoms with Gasteiger partial charge in [0.05, 0.1) is 25.2 Å². The summed E-state index contributed by atoms with van der Waals surface area (Å²) in [6, 6.07) is 0. The molecule has 0 spiro atoms. The Morgan fingerprint density at radius 3 is 1.05 bits per heavy atom. The molecule has 108 valence electrons. The Hall–Kier alpha value is 0.181. The van der Waals surface area contributed by atoms with Crippen LogP contribution in [0.5, 0.6) is 0 Å². The standard InChI is InChI=1S/2C4H8O5.Sr/c2*5-1-2(6)3(7)4(8)9;/h2*2-3,5-7H,1H2,(H,8,9);/q;;+2/p-2. The summed E-state index contributed by atoms with van der Waals surface area (Å²) < 4.78 is 0. The largest absolute Gasteiger partial charge is 2.00 e. The Kier molecular flexibility index (Phi) is 16.8. The van der Waals surface area contributed by atoms with Crippen molar-refractivity contribution in [3.05, 3.63) is 0 Å². The molecule has 0 bridgehead atoms. The Morgan fingerprint density at radius 2 is 1.00 bits per heavy atom. The molecule has 0 aromatic rings. The van der Waals surface area contributed by atoms with E-state index in [1.165, 1.54) is 0 Å². The molecule has 4 atom stereocenters. The summed E-state index contributed by atoms with van der Waals surface area (Å²) in [5, 5.41) is 68.8. The second kappa shape index (κ2) is 13.2. The number of carboxylic acid groups (broad SMARTS) is 2. The van der Waals surface area contributed by atoms with Crippen molar-refractivity contribution in [1.82, 2.24) is 0 Å². The maximum absolute atomic E-state index is 9.67. The van der Waals surface area contributed by atoms with Crippen LogP contribution >= 0.6 is 0 Å². The predicted molar refractivity (Wildman–Crippen MR) is 54.0 cm³/mol. The van der Waals surface area contributed by atoms with E-state index in [0.29, 0.717) is 0 Å². The van der Waals surface area contributed by atoms with Crippen molar-refractivity contribution < 1.29 is 50.4 Å². The molecule has 0 rings (SSSR count). The van der Waals surface area contributed by atoms with E-state index in [4.69, 9.17) is 30.6 Å². The topological polar surface area (TPSA) is 202 Å². The normalized spacial score (nSPS) is 15.9. The van der Waals surface area contributed by atoms with Gasteiger partial charge in [-0.25, -0.2) is 0 Å². The first-order chi connectivity index (χ1) is 8.18.